The van der Waals surface area contributed by atoms with Gasteiger partial charge >= 0.3 is 0 Å². The molecule has 1 heterocycles. The van der Waals surface area contributed by atoms with E-state index in [0.29, 0.717) is 16.6 Å². The molecule has 1 N–H and O–H groups in total. The number of nitrogens with zero attached hydrogens (tertiary/aromatic N) is 1. The van der Waals surface area contributed by atoms with Crippen molar-refractivity contribution >= 4 is 34.0 Å². The van der Waals surface area contributed by atoms with Gasteiger partial charge in [0, 0.05) is 17.0 Å². The van der Waals surface area contributed by atoms with Crippen molar-refractivity contribution < 1.29 is 14.3 Å². The Morgan fingerprint density at radius 2 is 1.85 bits per heavy atom. The van der Waals surface area contributed by atoms with Crippen LogP contribution in [0, 0.1) is 6.92 Å². The summed E-state index contributed by atoms with van der Waals surface area (Å²) in [5.41, 5.74) is 3.27. The van der Waals surface area contributed by atoms with Gasteiger partial charge in [-0.1, -0.05) is 35.9 Å². The number of aryl methyl sites for hydroxylation is 1. The summed E-state index contributed by atoms with van der Waals surface area (Å²) in [4.78, 5) is 17.1. The van der Waals surface area contributed by atoms with Gasteiger partial charge in [-0.05, 0) is 18.6 Å². The van der Waals surface area contributed by atoms with Crippen LogP contribution < -0.4 is 14.8 Å². The van der Waals surface area contributed by atoms with Gasteiger partial charge in [0.1, 0.15) is 0 Å². The Bertz CT molecular complexity index is 956. The third kappa shape index (κ3) is 3.66. The number of rotatable bonds is 5. The van der Waals surface area contributed by atoms with E-state index < -0.39 is 0 Å². The summed E-state index contributed by atoms with van der Waals surface area (Å²) in [6, 6.07) is 11.1. The minimum Gasteiger partial charge on any atom is -0.493 e. The van der Waals surface area contributed by atoms with E-state index in [1.807, 2.05) is 36.6 Å². The highest BCUT2D eigenvalue weighted by Crippen LogP contribution is 2.34. The minimum atomic E-state index is -0.360. The second-order valence-corrected chi connectivity index (χ2v) is 6.76. The van der Waals surface area contributed by atoms with Crippen molar-refractivity contribution in [1.82, 2.24) is 4.98 Å². The first kappa shape index (κ1) is 18.2. The molecular weight excluding hydrogens is 372 g/mol. The summed E-state index contributed by atoms with van der Waals surface area (Å²) in [5, 5.41) is 5.47. The lowest BCUT2D eigenvalue weighted by Gasteiger charge is -2.11. The highest BCUT2D eigenvalue weighted by Gasteiger charge is 2.17. The molecule has 26 heavy (non-hydrogen) atoms. The van der Waals surface area contributed by atoms with Crippen LogP contribution in [0.2, 0.25) is 5.02 Å². The molecule has 134 valence electrons. The fourth-order valence-corrected chi connectivity index (χ4v) is 3.45. The van der Waals surface area contributed by atoms with Crippen LogP contribution in [0.3, 0.4) is 0 Å². The number of hydrogen-bond donors (Lipinski definition) is 1. The first-order valence-corrected chi connectivity index (χ1v) is 9.03. The van der Waals surface area contributed by atoms with Crippen LogP contribution in [0.25, 0.3) is 11.3 Å². The van der Waals surface area contributed by atoms with E-state index in [-0.39, 0.29) is 16.5 Å². The zero-order valence-corrected chi connectivity index (χ0v) is 16.1. The molecule has 0 aliphatic heterocycles. The number of hydrogen-bond acceptors (Lipinski definition) is 5. The lowest BCUT2D eigenvalue weighted by molar-refractivity contribution is 0.102. The summed E-state index contributed by atoms with van der Waals surface area (Å²) in [5.74, 6) is 0.536. The Balaban J connectivity index is 1.84. The van der Waals surface area contributed by atoms with Crippen LogP contribution in [-0.4, -0.2) is 25.1 Å². The summed E-state index contributed by atoms with van der Waals surface area (Å²) < 4.78 is 10.4. The molecule has 2 aromatic carbocycles. The van der Waals surface area contributed by atoms with E-state index in [1.54, 1.807) is 12.1 Å². The number of anilines is 1. The maximum atomic E-state index is 12.6. The lowest BCUT2D eigenvalue weighted by Crippen LogP contribution is -2.12. The molecule has 0 radical (unpaired) electrons. The fraction of sp³-hybridized carbons (Fsp3) is 0.158. The second-order valence-electron chi connectivity index (χ2n) is 5.49. The van der Waals surface area contributed by atoms with Crippen molar-refractivity contribution in [3.63, 3.8) is 0 Å². The Morgan fingerprint density at radius 3 is 2.54 bits per heavy atom. The van der Waals surface area contributed by atoms with Gasteiger partial charge in [-0.3, -0.25) is 10.1 Å². The molecule has 0 fully saturated rings. The summed E-state index contributed by atoms with van der Waals surface area (Å²) in [6.07, 6.45) is 0. The molecule has 0 atom stereocenters. The van der Waals surface area contributed by atoms with Crippen molar-refractivity contribution in [2.75, 3.05) is 19.5 Å². The molecular formula is C19H17ClN2O3S. The molecule has 5 nitrogen and oxygen atoms in total. The van der Waals surface area contributed by atoms with Crippen LogP contribution in [0.5, 0.6) is 11.5 Å². The summed E-state index contributed by atoms with van der Waals surface area (Å²) in [6.45, 7) is 2.02. The Hall–Kier alpha value is -2.57. The van der Waals surface area contributed by atoms with Gasteiger partial charge in [0.15, 0.2) is 16.6 Å². The topological polar surface area (TPSA) is 60.5 Å². The average molecular weight is 389 g/mol. The third-order valence-corrected chi connectivity index (χ3v) is 4.93. The van der Waals surface area contributed by atoms with Gasteiger partial charge in [0.25, 0.3) is 5.91 Å². The predicted octanol–water partition coefficient (Wildman–Crippen LogP) is 5.04. The monoisotopic (exact) mass is 388 g/mol. The molecule has 0 aliphatic carbocycles. The minimum absolute atomic E-state index is 0.274. The molecule has 0 unspecified atom stereocenters. The van der Waals surface area contributed by atoms with E-state index in [4.69, 9.17) is 21.1 Å². The smallest absolute Gasteiger partial charge is 0.259 e. The van der Waals surface area contributed by atoms with Gasteiger partial charge < -0.3 is 9.47 Å². The summed E-state index contributed by atoms with van der Waals surface area (Å²) >= 11 is 7.56. The molecule has 0 bridgehead atoms. The number of amides is 1. The second kappa shape index (κ2) is 7.76. The van der Waals surface area contributed by atoms with Crippen LogP contribution in [-0.2, 0) is 0 Å². The number of benzene rings is 2. The number of carbonyl (C=O) groups is 1. The number of aromatic nitrogens is 1. The van der Waals surface area contributed by atoms with E-state index >= 15 is 0 Å². The predicted molar refractivity (Wildman–Crippen MR) is 105 cm³/mol. The lowest BCUT2D eigenvalue weighted by atomic mass is 10.1. The highest BCUT2D eigenvalue weighted by molar-refractivity contribution is 7.14. The van der Waals surface area contributed by atoms with Crippen molar-refractivity contribution in [3.05, 3.63) is 57.9 Å². The first-order valence-electron chi connectivity index (χ1n) is 7.78. The maximum absolute atomic E-state index is 12.6. The molecule has 0 saturated heterocycles. The van der Waals surface area contributed by atoms with Gasteiger partial charge in [-0.15, -0.1) is 11.3 Å². The number of ether oxygens (including phenoxy) is 2. The Kier molecular flexibility index (Phi) is 5.44. The van der Waals surface area contributed by atoms with Gasteiger partial charge in [-0.2, -0.15) is 0 Å². The fourth-order valence-electron chi connectivity index (χ4n) is 2.51. The van der Waals surface area contributed by atoms with Crippen molar-refractivity contribution in [3.8, 4) is 22.8 Å². The number of methoxy groups -OCH3 is 2. The van der Waals surface area contributed by atoms with Crippen molar-refractivity contribution in [1.29, 1.82) is 0 Å². The van der Waals surface area contributed by atoms with E-state index in [1.165, 1.54) is 25.6 Å². The zero-order chi connectivity index (χ0) is 18.7. The molecule has 3 aromatic rings. The summed E-state index contributed by atoms with van der Waals surface area (Å²) in [7, 11) is 3.01. The molecule has 1 amide bonds. The Labute approximate surface area is 160 Å². The molecule has 0 aliphatic rings. The van der Waals surface area contributed by atoms with Crippen molar-refractivity contribution in [2.24, 2.45) is 0 Å². The van der Waals surface area contributed by atoms with Crippen LogP contribution >= 0.6 is 22.9 Å². The quantitative estimate of drug-likeness (QED) is 0.665. The number of halogens is 1. The van der Waals surface area contributed by atoms with E-state index in [9.17, 15) is 4.79 Å². The average Bonchev–Trinajstić information content (AvgIpc) is 3.09. The zero-order valence-electron chi connectivity index (χ0n) is 14.5. The van der Waals surface area contributed by atoms with Crippen LogP contribution in [0.4, 0.5) is 5.13 Å². The highest BCUT2D eigenvalue weighted by atomic mass is 35.5. The van der Waals surface area contributed by atoms with Crippen LogP contribution in [0.15, 0.2) is 41.8 Å². The molecule has 3 rings (SSSR count). The van der Waals surface area contributed by atoms with E-state index in [2.05, 4.69) is 10.3 Å². The standard InChI is InChI=1S/C19H17ClN2O3S/c1-11-6-4-5-7-12(11)15-10-26-19(21-15)22-18(23)13-8-16(24-2)17(25-3)9-14(13)20/h4-10H,1-3H3,(H,21,22,23). The van der Waals surface area contributed by atoms with Gasteiger partial charge in [0.2, 0.25) is 0 Å². The van der Waals surface area contributed by atoms with Crippen molar-refractivity contribution in [2.45, 2.75) is 6.92 Å². The molecule has 7 heteroatoms. The number of carbonyl (C=O) groups excluding carboxylic acids is 1. The largest absolute Gasteiger partial charge is 0.493 e. The number of thiazole rings is 1. The van der Waals surface area contributed by atoms with Crippen LogP contribution in [0.1, 0.15) is 15.9 Å². The molecule has 0 spiro atoms. The van der Waals surface area contributed by atoms with Gasteiger partial charge in [-0.25, -0.2) is 4.98 Å². The first-order chi connectivity index (χ1) is 12.5. The SMILES string of the molecule is COc1cc(Cl)c(C(=O)Nc2nc(-c3ccccc3C)cs2)cc1OC. The number of nitrogens with one attached hydrogen (secondary N) is 1. The molecule has 1 aromatic heterocycles. The third-order valence-electron chi connectivity index (χ3n) is 3.86. The van der Waals surface area contributed by atoms with E-state index in [0.717, 1.165) is 16.8 Å². The normalized spacial score (nSPS) is 10.5. The maximum Gasteiger partial charge on any atom is 0.259 e. The molecule has 0 saturated carbocycles. The van der Waals surface area contributed by atoms with Gasteiger partial charge in [0.05, 0.1) is 30.5 Å². The Morgan fingerprint density at radius 1 is 1.15 bits per heavy atom.